The molecule has 0 atom stereocenters. The van der Waals surface area contributed by atoms with Gasteiger partial charge < -0.3 is 14.5 Å². The van der Waals surface area contributed by atoms with E-state index in [0.29, 0.717) is 26.2 Å². The Balaban J connectivity index is 1.32. The number of amides is 1. The summed E-state index contributed by atoms with van der Waals surface area (Å²) in [5.41, 5.74) is 2.72. The van der Waals surface area contributed by atoms with E-state index in [2.05, 4.69) is 17.4 Å². The van der Waals surface area contributed by atoms with Gasteiger partial charge in [-0.1, -0.05) is 6.07 Å². The van der Waals surface area contributed by atoms with Crippen molar-refractivity contribution in [3.05, 3.63) is 46.9 Å². The molecular weight excluding hydrogens is 392 g/mol. The highest BCUT2D eigenvalue weighted by molar-refractivity contribution is 7.89. The van der Waals surface area contributed by atoms with Gasteiger partial charge in [-0.3, -0.25) is 4.79 Å². The summed E-state index contributed by atoms with van der Waals surface area (Å²) in [6.45, 7) is 3.20. The molecule has 1 aromatic heterocycles. The lowest BCUT2D eigenvalue weighted by molar-refractivity contribution is 0.0918. The SMILES string of the molecule is Cc1oc(C(=O)NCCOc2ccc3c(c2)CCC3)cc1S(=O)(=O)N1CCCC1. The molecular formula is C21H26N2O5S. The minimum atomic E-state index is -3.61. The highest BCUT2D eigenvalue weighted by Gasteiger charge is 2.31. The summed E-state index contributed by atoms with van der Waals surface area (Å²) in [5, 5.41) is 2.72. The zero-order valence-electron chi connectivity index (χ0n) is 16.6. The Kier molecular flexibility index (Phi) is 5.65. The fraction of sp³-hybridized carbons (Fsp3) is 0.476. The second-order valence-corrected chi connectivity index (χ2v) is 9.44. The van der Waals surface area contributed by atoms with Gasteiger partial charge in [-0.05, 0) is 62.3 Å². The Bertz CT molecular complexity index is 1010. The summed E-state index contributed by atoms with van der Waals surface area (Å²) < 4.78 is 38.0. The van der Waals surface area contributed by atoms with Gasteiger partial charge in [0.05, 0.1) is 6.54 Å². The van der Waals surface area contributed by atoms with E-state index in [1.807, 2.05) is 6.07 Å². The minimum absolute atomic E-state index is 0.00203. The lowest BCUT2D eigenvalue weighted by atomic mass is 10.1. The quantitative estimate of drug-likeness (QED) is 0.699. The van der Waals surface area contributed by atoms with Crippen molar-refractivity contribution < 1.29 is 22.4 Å². The van der Waals surface area contributed by atoms with Gasteiger partial charge in [-0.25, -0.2) is 8.42 Å². The molecule has 2 heterocycles. The molecule has 4 rings (SSSR count). The smallest absolute Gasteiger partial charge is 0.287 e. The maximum Gasteiger partial charge on any atom is 0.287 e. The van der Waals surface area contributed by atoms with Gasteiger partial charge in [0, 0.05) is 19.2 Å². The van der Waals surface area contributed by atoms with Crippen molar-refractivity contribution in [3.63, 3.8) is 0 Å². The number of fused-ring (bicyclic) bond motifs is 1. The Hall–Kier alpha value is -2.32. The third-order valence-electron chi connectivity index (χ3n) is 5.51. The van der Waals surface area contributed by atoms with Gasteiger partial charge in [-0.2, -0.15) is 4.31 Å². The molecule has 1 aliphatic heterocycles. The van der Waals surface area contributed by atoms with Crippen LogP contribution in [0.2, 0.25) is 0 Å². The van der Waals surface area contributed by atoms with Crippen molar-refractivity contribution in [1.82, 2.24) is 9.62 Å². The van der Waals surface area contributed by atoms with Crippen LogP contribution >= 0.6 is 0 Å². The van der Waals surface area contributed by atoms with Crippen molar-refractivity contribution >= 4 is 15.9 Å². The average Bonchev–Trinajstić information content (AvgIpc) is 3.44. The van der Waals surface area contributed by atoms with Crippen molar-refractivity contribution in [2.24, 2.45) is 0 Å². The van der Waals surface area contributed by atoms with Crippen LogP contribution in [0.25, 0.3) is 0 Å². The maximum atomic E-state index is 12.7. The third kappa shape index (κ3) is 4.18. The molecule has 1 saturated heterocycles. The molecule has 1 aromatic carbocycles. The minimum Gasteiger partial charge on any atom is -0.492 e. The number of hydrogen-bond donors (Lipinski definition) is 1. The molecule has 1 aliphatic carbocycles. The second-order valence-electron chi connectivity index (χ2n) is 7.53. The largest absolute Gasteiger partial charge is 0.492 e. The average molecular weight is 419 g/mol. The van der Waals surface area contributed by atoms with Gasteiger partial charge in [-0.15, -0.1) is 0 Å². The van der Waals surface area contributed by atoms with Crippen molar-refractivity contribution in [1.29, 1.82) is 0 Å². The monoisotopic (exact) mass is 418 g/mol. The van der Waals surface area contributed by atoms with Crippen LogP contribution in [0.4, 0.5) is 0 Å². The van der Waals surface area contributed by atoms with E-state index >= 15 is 0 Å². The number of hydrogen-bond acceptors (Lipinski definition) is 5. The Morgan fingerprint density at radius 1 is 1.14 bits per heavy atom. The van der Waals surface area contributed by atoms with E-state index in [4.69, 9.17) is 9.15 Å². The molecule has 1 amide bonds. The van der Waals surface area contributed by atoms with Gasteiger partial charge in [0.2, 0.25) is 10.0 Å². The third-order valence-corrected chi connectivity index (χ3v) is 7.51. The lowest BCUT2D eigenvalue weighted by Gasteiger charge is -2.14. The first-order valence-corrected chi connectivity index (χ1v) is 11.5. The Morgan fingerprint density at radius 3 is 2.69 bits per heavy atom. The molecule has 29 heavy (non-hydrogen) atoms. The fourth-order valence-electron chi connectivity index (χ4n) is 3.96. The molecule has 2 aromatic rings. The first-order valence-electron chi connectivity index (χ1n) is 10.1. The number of sulfonamides is 1. The topological polar surface area (TPSA) is 88.8 Å². The van der Waals surface area contributed by atoms with Crippen molar-refractivity contribution in [2.45, 2.75) is 43.9 Å². The van der Waals surface area contributed by atoms with E-state index < -0.39 is 15.9 Å². The molecule has 156 valence electrons. The van der Waals surface area contributed by atoms with E-state index in [9.17, 15) is 13.2 Å². The molecule has 2 aliphatic rings. The summed E-state index contributed by atoms with van der Waals surface area (Å²) in [5.74, 6) is 0.579. The number of benzene rings is 1. The standard InChI is InChI=1S/C21H26N2O5S/c1-15-20(29(25,26)23-10-2-3-11-23)14-19(28-15)21(24)22-9-12-27-18-8-7-16-5-4-6-17(16)13-18/h7-8,13-14H,2-6,9-12H2,1H3,(H,22,24). The highest BCUT2D eigenvalue weighted by atomic mass is 32.2. The van der Waals surface area contributed by atoms with Crippen LogP contribution in [-0.4, -0.2) is 44.9 Å². The van der Waals surface area contributed by atoms with E-state index in [1.165, 1.54) is 27.9 Å². The van der Waals surface area contributed by atoms with Crippen LogP contribution in [0.5, 0.6) is 5.75 Å². The molecule has 1 N–H and O–H groups in total. The molecule has 7 nitrogen and oxygen atoms in total. The fourth-order valence-corrected chi connectivity index (χ4v) is 5.64. The number of ether oxygens (including phenoxy) is 1. The molecule has 8 heteroatoms. The van der Waals surface area contributed by atoms with Gasteiger partial charge in [0.25, 0.3) is 5.91 Å². The molecule has 0 radical (unpaired) electrons. The van der Waals surface area contributed by atoms with Crippen LogP contribution in [0.3, 0.4) is 0 Å². The number of nitrogens with one attached hydrogen (secondary N) is 1. The van der Waals surface area contributed by atoms with Crippen LogP contribution in [0.15, 0.2) is 33.6 Å². The first-order chi connectivity index (χ1) is 13.9. The number of aryl methyl sites for hydroxylation is 3. The molecule has 0 spiro atoms. The number of carbonyl (C=O) groups is 1. The van der Waals surface area contributed by atoms with Crippen LogP contribution in [0.1, 0.15) is 46.7 Å². The highest BCUT2D eigenvalue weighted by Crippen LogP contribution is 2.27. The second kappa shape index (κ2) is 8.20. The number of rotatable bonds is 7. The molecule has 0 bridgehead atoms. The number of nitrogens with zero attached hydrogens (tertiary/aromatic N) is 1. The Labute approximate surface area is 171 Å². The number of furan rings is 1. The van der Waals surface area contributed by atoms with Crippen LogP contribution in [-0.2, 0) is 22.9 Å². The molecule has 1 fully saturated rings. The maximum absolute atomic E-state index is 12.7. The zero-order valence-corrected chi connectivity index (χ0v) is 17.4. The normalized spacial score (nSPS) is 16.7. The number of carbonyl (C=O) groups excluding carboxylic acids is 1. The van der Waals surface area contributed by atoms with Crippen molar-refractivity contribution in [3.8, 4) is 5.75 Å². The first kappa shape index (κ1) is 20.0. The van der Waals surface area contributed by atoms with Gasteiger partial charge in [0.15, 0.2) is 5.76 Å². The van der Waals surface area contributed by atoms with E-state index in [0.717, 1.165) is 31.4 Å². The van der Waals surface area contributed by atoms with E-state index in [1.54, 1.807) is 6.92 Å². The molecule has 0 saturated carbocycles. The van der Waals surface area contributed by atoms with Gasteiger partial charge in [0.1, 0.15) is 23.0 Å². The Morgan fingerprint density at radius 2 is 1.90 bits per heavy atom. The van der Waals surface area contributed by atoms with Crippen LogP contribution in [0, 0.1) is 6.92 Å². The summed E-state index contributed by atoms with van der Waals surface area (Å²) in [7, 11) is -3.61. The summed E-state index contributed by atoms with van der Waals surface area (Å²) in [4.78, 5) is 12.4. The summed E-state index contributed by atoms with van der Waals surface area (Å²) in [6.07, 6.45) is 5.11. The zero-order chi connectivity index (χ0) is 20.4. The summed E-state index contributed by atoms with van der Waals surface area (Å²) in [6, 6.07) is 7.44. The predicted octanol–water partition coefficient (Wildman–Crippen LogP) is 2.67. The lowest BCUT2D eigenvalue weighted by Crippen LogP contribution is -2.28. The predicted molar refractivity (Wildman–Crippen MR) is 108 cm³/mol. The van der Waals surface area contributed by atoms with Crippen molar-refractivity contribution in [2.75, 3.05) is 26.2 Å². The van der Waals surface area contributed by atoms with E-state index in [-0.39, 0.29) is 16.4 Å². The molecule has 0 unspecified atom stereocenters. The van der Waals surface area contributed by atoms with Gasteiger partial charge >= 0.3 is 0 Å². The summed E-state index contributed by atoms with van der Waals surface area (Å²) >= 11 is 0. The van der Waals surface area contributed by atoms with Crippen LogP contribution < -0.4 is 10.1 Å².